The Kier molecular flexibility index (Phi) is 7.38. The topological polar surface area (TPSA) is 41.1 Å². The highest BCUT2D eigenvalue weighted by Crippen LogP contribution is 2.29. The first-order valence-electron chi connectivity index (χ1n) is 7.27. The van der Waals surface area contributed by atoms with Gasteiger partial charge in [-0.05, 0) is 36.2 Å². The summed E-state index contributed by atoms with van der Waals surface area (Å²) in [6.45, 7) is 0.559. The molecule has 1 unspecified atom stereocenters. The maximum Gasteiger partial charge on any atom is 0.252 e. The molecule has 0 aromatic heterocycles. The van der Waals surface area contributed by atoms with Gasteiger partial charge in [-0.3, -0.25) is 10.1 Å². The van der Waals surface area contributed by atoms with E-state index in [0.717, 1.165) is 16.5 Å². The Morgan fingerprint density at radius 2 is 1.67 bits per heavy atom. The van der Waals surface area contributed by atoms with Gasteiger partial charge < -0.3 is 5.32 Å². The second-order valence-corrected chi connectivity index (χ2v) is 8.43. The smallest absolute Gasteiger partial charge is 0.252 e. The zero-order chi connectivity index (χ0) is 17.6. The van der Waals surface area contributed by atoms with Crippen LogP contribution in [0.25, 0.3) is 0 Å². The van der Waals surface area contributed by atoms with Crippen LogP contribution >= 0.6 is 50.7 Å². The van der Waals surface area contributed by atoms with Crippen molar-refractivity contribution < 1.29 is 4.79 Å². The number of carbonyl (C=O) groups excluding carboxylic acids is 1. The van der Waals surface area contributed by atoms with E-state index < -0.39 is 9.96 Å². The van der Waals surface area contributed by atoms with Crippen LogP contribution in [-0.2, 0) is 6.42 Å². The summed E-state index contributed by atoms with van der Waals surface area (Å²) in [5.41, 5.74) is 1.65. The number of nitrogens with one attached hydrogen (secondary N) is 2. The highest BCUT2D eigenvalue weighted by molar-refractivity contribution is 9.10. The highest BCUT2D eigenvalue weighted by atomic mass is 79.9. The average Bonchev–Trinajstić information content (AvgIpc) is 2.54. The Labute approximate surface area is 164 Å². The molecule has 1 amide bonds. The maximum atomic E-state index is 12.3. The number of hydrogen-bond donors (Lipinski definition) is 2. The van der Waals surface area contributed by atoms with Crippen molar-refractivity contribution in [2.75, 3.05) is 6.54 Å². The van der Waals surface area contributed by atoms with Crippen molar-refractivity contribution in [1.82, 2.24) is 10.6 Å². The molecule has 0 saturated heterocycles. The fourth-order valence-electron chi connectivity index (χ4n) is 2.07. The van der Waals surface area contributed by atoms with E-state index in [9.17, 15) is 4.79 Å². The van der Waals surface area contributed by atoms with Gasteiger partial charge in [-0.1, -0.05) is 81.1 Å². The summed E-state index contributed by atoms with van der Waals surface area (Å²) in [5.74, 6) is -0.314. The molecule has 0 aliphatic carbocycles. The zero-order valence-electron chi connectivity index (χ0n) is 12.6. The third-order valence-corrected chi connectivity index (χ3v) is 4.50. The van der Waals surface area contributed by atoms with Crippen molar-refractivity contribution >= 4 is 56.6 Å². The van der Waals surface area contributed by atoms with Gasteiger partial charge in [-0.15, -0.1) is 0 Å². The largest absolute Gasteiger partial charge is 0.333 e. The van der Waals surface area contributed by atoms with Crippen molar-refractivity contribution in [1.29, 1.82) is 0 Å². The fraction of sp³-hybridized carbons (Fsp3) is 0.235. The van der Waals surface area contributed by atoms with Gasteiger partial charge in [0.15, 0.2) is 0 Å². The molecule has 0 bridgehead atoms. The van der Waals surface area contributed by atoms with E-state index in [0.29, 0.717) is 12.1 Å². The van der Waals surface area contributed by atoms with Crippen molar-refractivity contribution in [2.24, 2.45) is 0 Å². The molecule has 7 heteroatoms. The summed E-state index contributed by atoms with van der Waals surface area (Å²) in [7, 11) is 0. The molecule has 0 heterocycles. The summed E-state index contributed by atoms with van der Waals surface area (Å²) in [6, 6.07) is 16.9. The number of hydrogen-bond acceptors (Lipinski definition) is 2. The van der Waals surface area contributed by atoms with Gasteiger partial charge in [-0.25, -0.2) is 0 Å². The normalized spacial score (nSPS) is 12.7. The lowest BCUT2D eigenvalue weighted by molar-refractivity contribution is 0.0930. The first-order valence-corrected chi connectivity index (χ1v) is 9.19. The fourth-order valence-corrected chi connectivity index (χ4v) is 2.73. The molecular formula is C17H16BrCl3N2O. The van der Waals surface area contributed by atoms with Crippen molar-refractivity contribution in [2.45, 2.75) is 16.4 Å². The number of benzene rings is 2. The molecule has 2 aromatic rings. The van der Waals surface area contributed by atoms with Crippen LogP contribution in [-0.4, -0.2) is 22.4 Å². The van der Waals surface area contributed by atoms with E-state index in [-0.39, 0.29) is 5.91 Å². The number of rotatable bonds is 6. The van der Waals surface area contributed by atoms with E-state index in [1.807, 2.05) is 30.3 Å². The lowest BCUT2D eigenvalue weighted by Gasteiger charge is -2.26. The molecule has 0 fully saturated rings. The van der Waals surface area contributed by atoms with E-state index in [1.165, 1.54) is 0 Å². The first kappa shape index (κ1) is 19.5. The van der Waals surface area contributed by atoms with E-state index in [2.05, 4.69) is 26.6 Å². The second kappa shape index (κ2) is 9.07. The van der Waals surface area contributed by atoms with Crippen LogP contribution in [0.5, 0.6) is 0 Å². The highest BCUT2D eigenvalue weighted by Gasteiger charge is 2.33. The molecule has 2 N–H and O–H groups in total. The molecule has 3 nitrogen and oxygen atoms in total. The number of halogens is 4. The van der Waals surface area contributed by atoms with Crippen LogP contribution in [0.3, 0.4) is 0 Å². The minimum Gasteiger partial charge on any atom is -0.333 e. The van der Waals surface area contributed by atoms with Crippen LogP contribution in [0, 0.1) is 0 Å². The Morgan fingerprint density at radius 3 is 2.25 bits per heavy atom. The quantitative estimate of drug-likeness (QED) is 0.495. The maximum absolute atomic E-state index is 12.3. The van der Waals surface area contributed by atoms with Crippen LogP contribution in [0.15, 0.2) is 59.1 Å². The summed E-state index contributed by atoms with van der Waals surface area (Å²) in [5, 5.41) is 5.80. The lowest BCUT2D eigenvalue weighted by atomic mass is 10.1. The molecule has 0 spiro atoms. The molecule has 128 valence electrons. The standard InChI is InChI=1S/C17H16BrCl3N2O/c18-14-8-6-13(7-9-14)15(24)23-16(17(19,20)21)22-11-10-12-4-2-1-3-5-12/h1-9,16,22H,10-11H2,(H,23,24). The summed E-state index contributed by atoms with van der Waals surface area (Å²) in [4.78, 5) is 12.3. The summed E-state index contributed by atoms with van der Waals surface area (Å²) in [6.07, 6.45) is -0.0472. The predicted molar refractivity (Wildman–Crippen MR) is 104 cm³/mol. The van der Waals surface area contributed by atoms with E-state index in [1.54, 1.807) is 24.3 Å². The van der Waals surface area contributed by atoms with Gasteiger partial charge in [0.1, 0.15) is 6.17 Å². The molecule has 2 rings (SSSR count). The minimum atomic E-state index is -1.66. The van der Waals surface area contributed by atoms with Crippen LogP contribution in [0.1, 0.15) is 15.9 Å². The summed E-state index contributed by atoms with van der Waals surface area (Å²) < 4.78 is -0.778. The molecule has 2 aromatic carbocycles. The zero-order valence-corrected chi connectivity index (χ0v) is 16.5. The third-order valence-electron chi connectivity index (χ3n) is 3.31. The Bertz CT molecular complexity index is 660. The second-order valence-electron chi connectivity index (χ2n) is 5.14. The lowest BCUT2D eigenvalue weighted by Crippen LogP contribution is -2.53. The van der Waals surface area contributed by atoms with Crippen molar-refractivity contribution in [3.8, 4) is 0 Å². The Morgan fingerprint density at radius 1 is 1.04 bits per heavy atom. The van der Waals surface area contributed by atoms with Gasteiger partial charge in [-0.2, -0.15) is 0 Å². The van der Waals surface area contributed by atoms with Crippen LogP contribution in [0.2, 0.25) is 0 Å². The van der Waals surface area contributed by atoms with Gasteiger partial charge >= 0.3 is 0 Å². The molecule has 0 radical (unpaired) electrons. The monoisotopic (exact) mass is 448 g/mol. The van der Waals surface area contributed by atoms with Gasteiger partial charge in [0.2, 0.25) is 3.79 Å². The minimum absolute atomic E-state index is 0.314. The Balaban J connectivity index is 1.95. The molecule has 24 heavy (non-hydrogen) atoms. The predicted octanol–water partition coefficient (Wildman–Crippen LogP) is 4.71. The van der Waals surface area contributed by atoms with Gasteiger partial charge in [0, 0.05) is 16.6 Å². The average molecular weight is 451 g/mol. The van der Waals surface area contributed by atoms with E-state index in [4.69, 9.17) is 34.8 Å². The SMILES string of the molecule is O=C(NC(NCCc1ccccc1)C(Cl)(Cl)Cl)c1ccc(Br)cc1. The molecular weight excluding hydrogens is 434 g/mol. The van der Waals surface area contributed by atoms with E-state index >= 15 is 0 Å². The number of alkyl halides is 3. The molecule has 0 aliphatic rings. The first-order chi connectivity index (χ1) is 11.4. The molecule has 1 atom stereocenters. The number of carbonyl (C=O) groups is 1. The Hall–Kier alpha value is -0.780. The number of amides is 1. The van der Waals surface area contributed by atoms with Crippen LogP contribution < -0.4 is 10.6 Å². The molecule has 0 aliphatic heterocycles. The summed E-state index contributed by atoms with van der Waals surface area (Å²) >= 11 is 21.3. The van der Waals surface area contributed by atoms with Crippen molar-refractivity contribution in [3.63, 3.8) is 0 Å². The third kappa shape index (κ3) is 6.26. The molecule has 0 saturated carbocycles. The van der Waals surface area contributed by atoms with Gasteiger partial charge in [0.25, 0.3) is 5.91 Å². The van der Waals surface area contributed by atoms with Crippen LogP contribution in [0.4, 0.5) is 0 Å². The van der Waals surface area contributed by atoms with Crippen molar-refractivity contribution in [3.05, 3.63) is 70.2 Å². The van der Waals surface area contributed by atoms with Gasteiger partial charge in [0.05, 0.1) is 0 Å².